The Labute approximate surface area is 198 Å². The van der Waals surface area contributed by atoms with Gasteiger partial charge in [-0.1, -0.05) is 0 Å². The number of hydrogen-bond donors (Lipinski definition) is 13. The van der Waals surface area contributed by atoms with Crippen molar-refractivity contribution in [1.29, 1.82) is 0 Å². The largest absolute Gasteiger partial charge is 0.394 e. The number of aldehydes is 1. The molecule has 0 amide bonds. The van der Waals surface area contributed by atoms with E-state index in [1.54, 1.807) is 0 Å². The summed E-state index contributed by atoms with van der Waals surface area (Å²) in [6.45, 7) is -2.11. The van der Waals surface area contributed by atoms with Crippen LogP contribution in [0.1, 0.15) is 0 Å². The molecule has 0 radical (unpaired) electrons. The number of carbonyl (C=O) groups excluding carboxylic acids is 1. The molecule has 35 heavy (non-hydrogen) atoms. The maximum absolute atomic E-state index is 9.94. The lowest BCUT2D eigenvalue weighted by molar-refractivity contribution is -0.355. The van der Waals surface area contributed by atoms with Crippen molar-refractivity contribution in [3.63, 3.8) is 0 Å². The molecule has 0 aliphatic carbocycles. The molecular weight excluding hydrogens is 488 g/mol. The Morgan fingerprint density at radius 1 is 0.714 bits per heavy atom. The van der Waals surface area contributed by atoms with Crippen LogP contribution < -0.4 is 0 Å². The van der Waals surface area contributed by atoms with Crippen molar-refractivity contribution in [2.24, 2.45) is 0 Å². The zero-order valence-corrected chi connectivity index (χ0v) is 18.2. The zero-order valence-electron chi connectivity index (χ0n) is 18.2. The van der Waals surface area contributed by atoms with Crippen LogP contribution in [-0.2, 0) is 19.0 Å². The zero-order chi connectivity index (χ0) is 27.0. The molecular formula is C18H34O17. The van der Waals surface area contributed by atoms with E-state index in [9.17, 15) is 40.5 Å². The first-order valence-corrected chi connectivity index (χ1v) is 10.4. The molecule has 2 rings (SSSR count). The number of carbonyl (C=O) groups is 1. The maximum Gasteiger partial charge on any atom is 0.187 e. The Morgan fingerprint density at radius 3 is 1.77 bits per heavy atom. The molecule has 0 aromatic heterocycles. The van der Waals surface area contributed by atoms with Crippen molar-refractivity contribution >= 4 is 6.29 Å². The van der Waals surface area contributed by atoms with Crippen LogP contribution in [-0.4, -0.2) is 178 Å². The van der Waals surface area contributed by atoms with Crippen LogP contribution in [0.2, 0.25) is 0 Å². The molecule has 17 heteroatoms. The minimum absolute atomic E-state index is 0.0258. The summed E-state index contributed by atoms with van der Waals surface area (Å²) in [6, 6.07) is 0. The molecule has 13 N–H and O–H groups in total. The standard InChI is InChI=1S/C12H22O11.C6H12O6/c13-1-3-5(15)6(16)9(19)12(22-3)23-10-4(2-14)21-11(20)8(18)7(10)17;7-1-3(9)5(11)6(12)4(10)2-8/h3-20H,1-2H2;1,3-6,8-12H,2H2/t3-,4-,5-,6+,7-,8-,9-,10-,11-,12-;3-,4+,5+,6+/m10/s1. The Morgan fingerprint density at radius 2 is 1.29 bits per heavy atom. The summed E-state index contributed by atoms with van der Waals surface area (Å²) in [6.07, 6.45) is -22.4. The molecule has 208 valence electrons. The van der Waals surface area contributed by atoms with Crippen LogP contribution in [0.3, 0.4) is 0 Å². The second-order valence-corrected chi connectivity index (χ2v) is 7.88. The van der Waals surface area contributed by atoms with Crippen LogP contribution in [0, 0.1) is 0 Å². The highest BCUT2D eigenvalue weighted by Gasteiger charge is 2.50. The number of rotatable bonds is 9. The van der Waals surface area contributed by atoms with Gasteiger partial charge in [-0.15, -0.1) is 0 Å². The monoisotopic (exact) mass is 522 g/mol. The summed E-state index contributed by atoms with van der Waals surface area (Å²) < 4.78 is 15.3. The smallest absolute Gasteiger partial charge is 0.187 e. The second kappa shape index (κ2) is 14.7. The molecule has 0 spiro atoms. The van der Waals surface area contributed by atoms with Gasteiger partial charge in [0, 0.05) is 0 Å². The van der Waals surface area contributed by atoms with Gasteiger partial charge in [-0.2, -0.15) is 0 Å². The minimum Gasteiger partial charge on any atom is -0.394 e. The van der Waals surface area contributed by atoms with Crippen LogP contribution in [0.15, 0.2) is 0 Å². The molecule has 2 aliphatic rings. The van der Waals surface area contributed by atoms with Gasteiger partial charge >= 0.3 is 0 Å². The third-order valence-corrected chi connectivity index (χ3v) is 5.40. The minimum atomic E-state index is -1.79. The highest BCUT2D eigenvalue weighted by molar-refractivity contribution is 5.56. The second-order valence-electron chi connectivity index (χ2n) is 7.88. The Kier molecular flexibility index (Phi) is 13.5. The lowest BCUT2D eigenvalue weighted by Gasteiger charge is -2.45. The molecule has 0 aromatic rings. The van der Waals surface area contributed by atoms with Gasteiger partial charge in [-0.25, -0.2) is 0 Å². The van der Waals surface area contributed by atoms with E-state index in [0.717, 1.165) is 0 Å². The van der Waals surface area contributed by atoms with Crippen molar-refractivity contribution < 1.29 is 85.4 Å². The molecule has 14 atom stereocenters. The van der Waals surface area contributed by atoms with Crippen molar-refractivity contribution in [3.05, 3.63) is 0 Å². The third-order valence-electron chi connectivity index (χ3n) is 5.40. The average molecular weight is 522 g/mol. The molecule has 2 aliphatic heterocycles. The van der Waals surface area contributed by atoms with E-state index in [4.69, 9.17) is 44.8 Å². The number of aliphatic hydroxyl groups excluding tert-OH is 13. The van der Waals surface area contributed by atoms with Crippen LogP contribution in [0.25, 0.3) is 0 Å². The molecule has 0 unspecified atom stereocenters. The van der Waals surface area contributed by atoms with Gasteiger partial charge in [0.15, 0.2) is 18.9 Å². The lowest BCUT2D eigenvalue weighted by atomic mass is 9.97. The SMILES string of the molecule is O=C[C@H](O)[C@@H](O)[C@H](O)[C@H](O)CO.OC[C@H]1O[C@H](O[C@H]2[C@H](O)[C@@H](O)[C@H](O)O[C@@H]2CO)[C@H](O)[C@@H](O)[C@@H]1O. The summed E-state index contributed by atoms with van der Waals surface area (Å²) >= 11 is 0. The van der Waals surface area contributed by atoms with Crippen LogP contribution in [0.4, 0.5) is 0 Å². The summed E-state index contributed by atoms with van der Waals surface area (Å²) in [5.41, 5.74) is 0. The van der Waals surface area contributed by atoms with Gasteiger partial charge in [0.2, 0.25) is 0 Å². The van der Waals surface area contributed by atoms with E-state index in [0.29, 0.717) is 0 Å². The molecule has 2 fully saturated rings. The Hall–Kier alpha value is -0.970. The normalized spacial score (nSPS) is 41.2. The van der Waals surface area contributed by atoms with E-state index < -0.39 is 106 Å². The third kappa shape index (κ3) is 8.01. The van der Waals surface area contributed by atoms with E-state index >= 15 is 0 Å². The number of aliphatic hydroxyl groups is 13. The van der Waals surface area contributed by atoms with E-state index in [-0.39, 0.29) is 6.29 Å². The first-order chi connectivity index (χ1) is 16.4. The summed E-state index contributed by atoms with van der Waals surface area (Å²) in [7, 11) is 0. The van der Waals surface area contributed by atoms with Gasteiger partial charge in [0.25, 0.3) is 0 Å². The number of ether oxygens (including phenoxy) is 3. The Bertz CT molecular complexity index is 608. The molecule has 0 aromatic carbocycles. The Balaban J connectivity index is 0.000000434. The molecule has 2 saturated heterocycles. The fraction of sp³-hybridized carbons (Fsp3) is 0.944. The van der Waals surface area contributed by atoms with Crippen LogP contribution in [0.5, 0.6) is 0 Å². The average Bonchev–Trinajstić information content (AvgIpc) is 2.87. The highest BCUT2D eigenvalue weighted by atomic mass is 16.7. The lowest BCUT2D eigenvalue weighted by Crippen LogP contribution is -2.64. The molecule has 0 saturated carbocycles. The van der Waals surface area contributed by atoms with Crippen molar-refractivity contribution in [2.75, 3.05) is 19.8 Å². The van der Waals surface area contributed by atoms with E-state index in [1.807, 2.05) is 0 Å². The van der Waals surface area contributed by atoms with Gasteiger partial charge in [0.05, 0.1) is 19.8 Å². The predicted molar refractivity (Wildman–Crippen MR) is 106 cm³/mol. The summed E-state index contributed by atoms with van der Waals surface area (Å²) in [5.74, 6) is 0. The van der Waals surface area contributed by atoms with E-state index in [2.05, 4.69) is 0 Å². The molecule has 0 bridgehead atoms. The van der Waals surface area contributed by atoms with E-state index in [1.165, 1.54) is 0 Å². The first kappa shape index (κ1) is 32.1. The summed E-state index contributed by atoms with van der Waals surface area (Å²) in [5, 5.41) is 120. The van der Waals surface area contributed by atoms with Crippen molar-refractivity contribution in [3.8, 4) is 0 Å². The van der Waals surface area contributed by atoms with Gasteiger partial charge in [0.1, 0.15) is 73.2 Å². The fourth-order valence-electron chi connectivity index (χ4n) is 3.19. The topological polar surface area (TPSA) is 308 Å². The van der Waals surface area contributed by atoms with Gasteiger partial charge in [-0.05, 0) is 0 Å². The van der Waals surface area contributed by atoms with Crippen molar-refractivity contribution in [1.82, 2.24) is 0 Å². The highest BCUT2D eigenvalue weighted by Crippen LogP contribution is 2.28. The first-order valence-electron chi connectivity index (χ1n) is 10.4. The number of hydrogen-bond acceptors (Lipinski definition) is 17. The molecule has 2 heterocycles. The maximum atomic E-state index is 9.94. The predicted octanol–water partition coefficient (Wildman–Crippen LogP) is -8.78. The molecule has 17 nitrogen and oxygen atoms in total. The summed E-state index contributed by atoms with van der Waals surface area (Å²) in [4.78, 5) is 9.90. The van der Waals surface area contributed by atoms with Gasteiger partial charge < -0.3 is 85.4 Å². The fourth-order valence-corrected chi connectivity index (χ4v) is 3.19. The van der Waals surface area contributed by atoms with Crippen LogP contribution >= 0.6 is 0 Å². The van der Waals surface area contributed by atoms with Gasteiger partial charge in [-0.3, -0.25) is 0 Å². The van der Waals surface area contributed by atoms with Crippen molar-refractivity contribution in [2.45, 2.75) is 85.8 Å². The quantitative estimate of drug-likeness (QED) is 0.125.